The lowest BCUT2D eigenvalue weighted by atomic mass is 9.84. The fraction of sp³-hybridized carbons (Fsp3) is 0.636. The topological polar surface area (TPSA) is 12.0 Å². The molecule has 3 rings (SSSR count). The van der Waals surface area contributed by atoms with Gasteiger partial charge in [0, 0.05) is 17.5 Å². The number of hydrogen-bond donors (Lipinski definition) is 1. The van der Waals surface area contributed by atoms with Crippen LogP contribution in [0.4, 0.5) is 0 Å². The third kappa shape index (κ3) is 1.09. The predicted molar refractivity (Wildman–Crippen MR) is 56.0 cm³/mol. The highest BCUT2D eigenvalue weighted by atomic mass is 32.1. The van der Waals surface area contributed by atoms with E-state index in [2.05, 4.69) is 17.6 Å². The van der Waals surface area contributed by atoms with Crippen LogP contribution in [0.25, 0.3) is 0 Å². The Bertz CT molecular complexity index is 329. The molecule has 1 nitrogen and oxygen atoms in total. The van der Waals surface area contributed by atoms with Crippen LogP contribution >= 0.6 is 11.3 Å². The zero-order chi connectivity index (χ0) is 8.84. The molecule has 0 fully saturated rings. The maximum Gasteiger partial charge on any atom is 0.0340 e. The number of nitrogens with one attached hydrogen (secondary N) is 1. The zero-order valence-electron chi connectivity index (χ0n) is 7.97. The van der Waals surface area contributed by atoms with Crippen LogP contribution in [-0.2, 0) is 13.0 Å². The molecule has 70 valence electrons. The number of thiophene rings is 1. The first-order valence-corrected chi connectivity index (χ1v) is 6.09. The minimum absolute atomic E-state index is 0.704. The average Bonchev–Trinajstić information content (AvgIpc) is 2.74. The van der Waals surface area contributed by atoms with Crippen molar-refractivity contribution in [3.63, 3.8) is 0 Å². The molecule has 2 heterocycles. The summed E-state index contributed by atoms with van der Waals surface area (Å²) in [4.78, 5) is 1.67. The van der Waals surface area contributed by atoms with Crippen LogP contribution in [0.3, 0.4) is 0 Å². The Morgan fingerprint density at radius 2 is 2.54 bits per heavy atom. The van der Waals surface area contributed by atoms with Crippen LogP contribution in [0.1, 0.15) is 41.8 Å². The van der Waals surface area contributed by atoms with Crippen molar-refractivity contribution in [3.8, 4) is 0 Å². The summed E-state index contributed by atoms with van der Waals surface area (Å²) in [6.07, 6.45) is 4.05. The molecule has 1 aromatic heterocycles. The molecule has 1 aliphatic carbocycles. The molecule has 0 saturated heterocycles. The van der Waals surface area contributed by atoms with Crippen molar-refractivity contribution in [3.05, 3.63) is 21.4 Å². The summed E-state index contributed by atoms with van der Waals surface area (Å²) in [7, 11) is 0. The van der Waals surface area contributed by atoms with Gasteiger partial charge in [0.05, 0.1) is 0 Å². The Morgan fingerprint density at radius 1 is 1.62 bits per heavy atom. The van der Waals surface area contributed by atoms with Crippen molar-refractivity contribution in [1.29, 1.82) is 0 Å². The largest absolute Gasteiger partial charge is 0.306 e. The lowest BCUT2D eigenvalue weighted by Gasteiger charge is -2.26. The molecule has 1 aromatic rings. The molecule has 0 amide bonds. The minimum Gasteiger partial charge on any atom is -0.306 e. The van der Waals surface area contributed by atoms with Crippen LogP contribution in [0.5, 0.6) is 0 Å². The lowest BCUT2D eigenvalue weighted by Crippen LogP contribution is -2.22. The van der Waals surface area contributed by atoms with Gasteiger partial charge in [-0.05, 0) is 35.3 Å². The molecule has 0 aromatic carbocycles. The molecular formula is C11H15NS. The average molecular weight is 193 g/mol. The SMILES string of the molecule is CCC1Cc2scc3c2C(C1)NC3. The molecule has 0 spiro atoms. The fourth-order valence-electron chi connectivity index (χ4n) is 2.69. The van der Waals surface area contributed by atoms with Gasteiger partial charge in [-0.3, -0.25) is 0 Å². The number of rotatable bonds is 1. The predicted octanol–water partition coefficient (Wildman–Crippen LogP) is 2.86. The Balaban J connectivity index is 2.02. The molecule has 2 atom stereocenters. The zero-order valence-corrected chi connectivity index (χ0v) is 8.79. The molecular weight excluding hydrogens is 178 g/mol. The molecule has 0 saturated carbocycles. The molecule has 0 radical (unpaired) electrons. The van der Waals surface area contributed by atoms with E-state index < -0.39 is 0 Å². The van der Waals surface area contributed by atoms with Gasteiger partial charge in [-0.1, -0.05) is 13.3 Å². The van der Waals surface area contributed by atoms with Crippen molar-refractivity contribution in [2.45, 2.75) is 38.8 Å². The summed E-state index contributed by atoms with van der Waals surface area (Å²) < 4.78 is 0. The van der Waals surface area contributed by atoms with Gasteiger partial charge in [0.25, 0.3) is 0 Å². The van der Waals surface area contributed by atoms with E-state index in [-0.39, 0.29) is 0 Å². The summed E-state index contributed by atoms with van der Waals surface area (Å²) in [5, 5.41) is 5.97. The molecule has 2 unspecified atom stereocenters. The summed E-state index contributed by atoms with van der Waals surface area (Å²) in [6, 6.07) is 0.704. The van der Waals surface area contributed by atoms with Crippen LogP contribution < -0.4 is 5.32 Å². The fourth-order valence-corrected chi connectivity index (χ4v) is 3.91. The summed E-state index contributed by atoms with van der Waals surface area (Å²) >= 11 is 1.99. The Hall–Kier alpha value is -0.340. The molecule has 1 N–H and O–H groups in total. The highest BCUT2D eigenvalue weighted by Crippen LogP contribution is 2.43. The van der Waals surface area contributed by atoms with Crippen molar-refractivity contribution in [2.24, 2.45) is 5.92 Å². The van der Waals surface area contributed by atoms with Crippen LogP contribution in [-0.4, -0.2) is 0 Å². The quantitative estimate of drug-likeness (QED) is 0.723. The third-order valence-corrected chi connectivity index (χ3v) is 4.57. The van der Waals surface area contributed by atoms with E-state index in [4.69, 9.17) is 0 Å². The van der Waals surface area contributed by atoms with Crippen LogP contribution in [0.2, 0.25) is 0 Å². The lowest BCUT2D eigenvalue weighted by molar-refractivity contribution is 0.372. The Kier molecular flexibility index (Phi) is 1.74. The standard InChI is InChI=1S/C11H15NS/c1-2-7-3-9-11-8(5-12-9)6-13-10(11)4-7/h6-7,9,12H,2-5H2,1H3. The first kappa shape index (κ1) is 8.01. The van der Waals surface area contributed by atoms with Gasteiger partial charge in [0.1, 0.15) is 0 Å². The van der Waals surface area contributed by atoms with E-state index in [1.807, 2.05) is 11.3 Å². The molecule has 2 aliphatic rings. The van der Waals surface area contributed by atoms with Gasteiger partial charge in [-0.25, -0.2) is 0 Å². The van der Waals surface area contributed by atoms with E-state index >= 15 is 0 Å². The van der Waals surface area contributed by atoms with Gasteiger partial charge < -0.3 is 5.32 Å². The smallest absolute Gasteiger partial charge is 0.0340 e. The summed E-state index contributed by atoms with van der Waals surface area (Å²) in [5.41, 5.74) is 3.26. The van der Waals surface area contributed by atoms with Gasteiger partial charge in [0.15, 0.2) is 0 Å². The van der Waals surface area contributed by atoms with Gasteiger partial charge in [-0.2, -0.15) is 0 Å². The van der Waals surface area contributed by atoms with E-state index in [0.717, 1.165) is 12.5 Å². The monoisotopic (exact) mass is 193 g/mol. The van der Waals surface area contributed by atoms with Crippen molar-refractivity contribution < 1.29 is 0 Å². The maximum atomic E-state index is 3.61. The normalized spacial score (nSPS) is 30.5. The van der Waals surface area contributed by atoms with E-state index in [1.165, 1.54) is 19.3 Å². The van der Waals surface area contributed by atoms with Gasteiger partial charge in [0.2, 0.25) is 0 Å². The van der Waals surface area contributed by atoms with Gasteiger partial charge in [-0.15, -0.1) is 11.3 Å². The van der Waals surface area contributed by atoms with E-state index in [9.17, 15) is 0 Å². The maximum absolute atomic E-state index is 3.61. The second-order valence-corrected chi connectivity index (χ2v) is 5.21. The van der Waals surface area contributed by atoms with Crippen LogP contribution in [0, 0.1) is 5.92 Å². The molecule has 0 bridgehead atoms. The van der Waals surface area contributed by atoms with Crippen molar-refractivity contribution in [1.82, 2.24) is 5.32 Å². The second kappa shape index (κ2) is 2.82. The highest BCUT2D eigenvalue weighted by molar-refractivity contribution is 7.10. The second-order valence-electron chi connectivity index (χ2n) is 4.25. The van der Waals surface area contributed by atoms with Crippen molar-refractivity contribution in [2.75, 3.05) is 0 Å². The third-order valence-electron chi connectivity index (χ3n) is 3.50. The number of hydrogen-bond acceptors (Lipinski definition) is 2. The van der Waals surface area contributed by atoms with E-state index in [0.29, 0.717) is 6.04 Å². The first-order valence-electron chi connectivity index (χ1n) is 5.21. The minimum atomic E-state index is 0.704. The van der Waals surface area contributed by atoms with Crippen LogP contribution in [0.15, 0.2) is 5.38 Å². The Labute approximate surface area is 83.2 Å². The highest BCUT2D eigenvalue weighted by Gasteiger charge is 2.32. The first-order chi connectivity index (χ1) is 6.38. The van der Waals surface area contributed by atoms with Crippen molar-refractivity contribution >= 4 is 11.3 Å². The molecule has 1 aliphatic heterocycles. The van der Waals surface area contributed by atoms with Gasteiger partial charge >= 0.3 is 0 Å². The van der Waals surface area contributed by atoms with E-state index in [1.54, 1.807) is 16.0 Å². The molecule has 2 heteroatoms. The summed E-state index contributed by atoms with van der Waals surface area (Å²) in [6.45, 7) is 3.44. The summed E-state index contributed by atoms with van der Waals surface area (Å²) in [5.74, 6) is 0.926. The molecule has 13 heavy (non-hydrogen) atoms. The Morgan fingerprint density at radius 3 is 3.38 bits per heavy atom.